The van der Waals surface area contributed by atoms with Gasteiger partial charge in [-0.3, -0.25) is 0 Å². The second-order valence-corrected chi connectivity index (χ2v) is 5.11. The Labute approximate surface area is 103 Å². The van der Waals surface area contributed by atoms with Gasteiger partial charge in [-0.15, -0.1) is 0 Å². The maximum Gasteiger partial charge on any atom is 0.122 e. The van der Waals surface area contributed by atoms with Gasteiger partial charge in [-0.05, 0) is 51.0 Å². The zero-order valence-electron chi connectivity index (χ0n) is 11.0. The van der Waals surface area contributed by atoms with E-state index < -0.39 is 11.7 Å². The van der Waals surface area contributed by atoms with Gasteiger partial charge in [-0.25, -0.2) is 0 Å². The van der Waals surface area contributed by atoms with Crippen LogP contribution in [0, 0.1) is 6.92 Å². The van der Waals surface area contributed by atoms with Crippen molar-refractivity contribution in [2.75, 3.05) is 6.61 Å². The van der Waals surface area contributed by atoms with Crippen molar-refractivity contribution in [1.82, 2.24) is 0 Å². The average molecular weight is 238 g/mol. The van der Waals surface area contributed by atoms with E-state index in [2.05, 4.69) is 0 Å². The van der Waals surface area contributed by atoms with Gasteiger partial charge in [0.05, 0.1) is 18.3 Å². The van der Waals surface area contributed by atoms with Crippen LogP contribution in [-0.2, 0) is 0 Å². The smallest absolute Gasteiger partial charge is 0.122 e. The zero-order valence-corrected chi connectivity index (χ0v) is 11.0. The molecule has 3 nitrogen and oxygen atoms in total. The number of hydrogen-bond acceptors (Lipinski definition) is 3. The lowest BCUT2D eigenvalue weighted by molar-refractivity contribution is 0.0552. The molecular weight excluding hydrogens is 216 g/mol. The molecule has 2 N–H and O–H groups in total. The second kappa shape index (κ2) is 5.52. The summed E-state index contributed by atoms with van der Waals surface area (Å²) in [6.45, 7) is 7.70. The number of hydrogen-bond donors (Lipinski definition) is 2. The maximum atomic E-state index is 9.57. The summed E-state index contributed by atoms with van der Waals surface area (Å²) < 4.78 is 5.61. The van der Waals surface area contributed by atoms with Gasteiger partial charge in [-0.2, -0.15) is 0 Å². The van der Waals surface area contributed by atoms with Crippen LogP contribution in [0.15, 0.2) is 18.2 Å². The third kappa shape index (κ3) is 4.75. The number of benzene rings is 1. The van der Waals surface area contributed by atoms with Crippen molar-refractivity contribution < 1.29 is 14.9 Å². The van der Waals surface area contributed by atoms with E-state index in [-0.39, 0.29) is 0 Å². The first-order valence-corrected chi connectivity index (χ1v) is 5.93. The van der Waals surface area contributed by atoms with Crippen LogP contribution in [0.3, 0.4) is 0 Å². The van der Waals surface area contributed by atoms with Gasteiger partial charge in [0, 0.05) is 6.42 Å². The molecule has 0 saturated heterocycles. The molecule has 0 amide bonds. The maximum absolute atomic E-state index is 9.57. The van der Waals surface area contributed by atoms with E-state index in [4.69, 9.17) is 4.74 Å². The number of aliphatic hydroxyl groups is 2. The molecule has 3 heteroatoms. The molecule has 1 aromatic carbocycles. The third-order valence-electron chi connectivity index (χ3n) is 2.65. The highest BCUT2D eigenvalue weighted by atomic mass is 16.5. The van der Waals surface area contributed by atoms with E-state index in [9.17, 15) is 10.2 Å². The van der Waals surface area contributed by atoms with Crippen molar-refractivity contribution in [1.29, 1.82) is 0 Å². The summed E-state index contributed by atoms with van der Waals surface area (Å²) in [5.74, 6) is 0.804. The Morgan fingerprint density at radius 1 is 1.35 bits per heavy atom. The molecule has 0 saturated carbocycles. The van der Waals surface area contributed by atoms with E-state index in [1.54, 1.807) is 20.8 Å². The summed E-state index contributed by atoms with van der Waals surface area (Å²) in [5.41, 5.74) is 1.18. The molecule has 0 heterocycles. The molecule has 1 aromatic rings. The molecular formula is C14H22O3. The van der Waals surface area contributed by atoms with Crippen LogP contribution in [0.2, 0.25) is 0 Å². The Bertz CT molecular complexity index is 364. The highest BCUT2D eigenvalue weighted by molar-refractivity contribution is 5.36. The van der Waals surface area contributed by atoms with Crippen molar-refractivity contribution >= 4 is 0 Å². The largest absolute Gasteiger partial charge is 0.493 e. The molecule has 0 bridgehead atoms. The van der Waals surface area contributed by atoms with E-state index in [0.717, 1.165) is 16.9 Å². The summed E-state index contributed by atoms with van der Waals surface area (Å²) in [6.07, 6.45) is 0.129. The molecule has 1 atom stereocenters. The standard InChI is InChI=1S/C14H22O3/c1-10-9-12(11(2)15)5-6-13(10)17-8-7-14(3,4)16/h5-6,9,11,15-16H,7-8H2,1-4H3/t11-/m1/s1. The van der Waals surface area contributed by atoms with E-state index in [1.807, 2.05) is 25.1 Å². The normalized spacial score (nSPS) is 13.5. The molecule has 0 fully saturated rings. The van der Waals surface area contributed by atoms with Crippen molar-refractivity contribution in [3.05, 3.63) is 29.3 Å². The zero-order chi connectivity index (χ0) is 13.1. The summed E-state index contributed by atoms with van der Waals surface area (Å²) in [4.78, 5) is 0. The van der Waals surface area contributed by atoms with E-state index >= 15 is 0 Å². The number of ether oxygens (including phenoxy) is 1. The van der Waals surface area contributed by atoms with Crippen molar-refractivity contribution in [3.8, 4) is 5.75 Å². The Morgan fingerprint density at radius 2 is 2.00 bits per heavy atom. The lowest BCUT2D eigenvalue weighted by atomic mass is 10.1. The average Bonchev–Trinajstić information content (AvgIpc) is 2.18. The fourth-order valence-corrected chi connectivity index (χ4v) is 1.51. The Balaban J connectivity index is 2.61. The van der Waals surface area contributed by atoms with Crippen molar-refractivity contribution in [2.24, 2.45) is 0 Å². The van der Waals surface area contributed by atoms with Gasteiger partial charge in [0.15, 0.2) is 0 Å². The second-order valence-electron chi connectivity index (χ2n) is 5.11. The molecule has 0 spiro atoms. The van der Waals surface area contributed by atoms with Crippen LogP contribution in [0.4, 0.5) is 0 Å². The SMILES string of the molecule is Cc1cc([C@@H](C)O)ccc1OCCC(C)(C)O. The minimum atomic E-state index is -0.701. The summed E-state index contributed by atoms with van der Waals surface area (Å²) in [5, 5.41) is 19.0. The monoisotopic (exact) mass is 238 g/mol. The van der Waals surface area contributed by atoms with Crippen LogP contribution >= 0.6 is 0 Å². The number of rotatable bonds is 5. The van der Waals surface area contributed by atoms with Gasteiger partial charge in [-0.1, -0.05) is 6.07 Å². The molecule has 0 aliphatic heterocycles. The fourth-order valence-electron chi connectivity index (χ4n) is 1.51. The predicted molar refractivity (Wildman–Crippen MR) is 68.2 cm³/mol. The number of aliphatic hydroxyl groups excluding tert-OH is 1. The van der Waals surface area contributed by atoms with Crippen LogP contribution in [0.25, 0.3) is 0 Å². The first kappa shape index (κ1) is 14.0. The fraction of sp³-hybridized carbons (Fsp3) is 0.571. The van der Waals surface area contributed by atoms with Crippen molar-refractivity contribution in [2.45, 2.75) is 45.8 Å². The molecule has 0 aromatic heterocycles. The summed E-state index contributed by atoms with van der Waals surface area (Å²) >= 11 is 0. The Morgan fingerprint density at radius 3 is 2.47 bits per heavy atom. The molecule has 0 unspecified atom stereocenters. The van der Waals surface area contributed by atoms with Crippen LogP contribution in [0.1, 0.15) is 44.4 Å². The van der Waals surface area contributed by atoms with Crippen LogP contribution in [-0.4, -0.2) is 22.4 Å². The van der Waals surface area contributed by atoms with Crippen molar-refractivity contribution in [3.63, 3.8) is 0 Å². The van der Waals surface area contributed by atoms with E-state index in [1.165, 1.54) is 0 Å². The highest BCUT2D eigenvalue weighted by Crippen LogP contribution is 2.23. The molecule has 0 aliphatic carbocycles. The minimum Gasteiger partial charge on any atom is -0.493 e. The quantitative estimate of drug-likeness (QED) is 0.829. The van der Waals surface area contributed by atoms with Crippen LogP contribution < -0.4 is 4.74 Å². The molecule has 0 radical (unpaired) electrons. The van der Waals surface area contributed by atoms with Gasteiger partial charge in [0.2, 0.25) is 0 Å². The van der Waals surface area contributed by atoms with Gasteiger partial charge in [0.25, 0.3) is 0 Å². The lowest BCUT2D eigenvalue weighted by Gasteiger charge is -2.18. The first-order chi connectivity index (χ1) is 7.79. The summed E-state index contributed by atoms with van der Waals surface area (Å²) in [7, 11) is 0. The van der Waals surface area contributed by atoms with Gasteiger partial charge in [0.1, 0.15) is 5.75 Å². The predicted octanol–water partition coefficient (Wildman–Crippen LogP) is 2.59. The van der Waals surface area contributed by atoms with Gasteiger partial charge >= 0.3 is 0 Å². The minimum absolute atomic E-state index is 0.459. The Hall–Kier alpha value is -1.06. The molecule has 96 valence electrons. The molecule has 17 heavy (non-hydrogen) atoms. The third-order valence-corrected chi connectivity index (χ3v) is 2.65. The highest BCUT2D eigenvalue weighted by Gasteiger charge is 2.12. The van der Waals surface area contributed by atoms with Gasteiger partial charge < -0.3 is 14.9 Å². The summed E-state index contributed by atoms with van der Waals surface area (Å²) in [6, 6.07) is 5.64. The van der Waals surface area contributed by atoms with E-state index in [0.29, 0.717) is 13.0 Å². The lowest BCUT2D eigenvalue weighted by Crippen LogP contribution is -2.21. The number of aryl methyl sites for hydroxylation is 1. The Kier molecular flexibility index (Phi) is 4.54. The van der Waals surface area contributed by atoms with Crippen LogP contribution in [0.5, 0.6) is 5.75 Å². The molecule has 1 rings (SSSR count). The first-order valence-electron chi connectivity index (χ1n) is 5.93. The topological polar surface area (TPSA) is 49.7 Å². The molecule has 0 aliphatic rings.